The van der Waals surface area contributed by atoms with Gasteiger partial charge in [-0.2, -0.15) is 0 Å². The van der Waals surface area contributed by atoms with Crippen LogP contribution >= 0.6 is 23.2 Å². The summed E-state index contributed by atoms with van der Waals surface area (Å²) >= 11 is 13.1. The molecule has 0 aliphatic carbocycles. The zero-order chi connectivity index (χ0) is 23.9. The molecule has 1 atom stereocenters. The van der Waals surface area contributed by atoms with Crippen molar-refractivity contribution in [1.82, 2.24) is 9.47 Å². The van der Waals surface area contributed by atoms with Crippen molar-refractivity contribution >= 4 is 40.0 Å². The molecular weight excluding hydrogens is 476 g/mol. The maximum Gasteiger partial charge on any atom is 0.573 e. The molecule has 0 radical (unpaired) electrons. The number of aryl methyl sites for hydroxylation is 1. The zero-order valence-corrected chi connectivity index (χ0v) is 19.7. The number of rotatable bonds is 4. The Kier molecular flexibility index (Phi) is 6.56. The van der Waals surface area contributed by atoms with Gasteiger partial charge in [0.2, 0.25) is 0 Å². The molecule has 9 heteroatoms. The number of likely N-dealkylation sites (tertiary alicyclic amines) is 1. The van der Waals surface area contributed by atoms with Gasteiger partial charge in [0, 0.05) is 48.7 Å². The topological polar surface area (TPSA) is 34.5 Å². The molecule has 2 heterocycles. The molecule has 1 aliphatic heterocycles. The number of ether oxygens (including phenoxy) is 1. The lowest BCUT2D eigenvalue weighted by Gasteiger charge is -2.31. The molecule has 3 aromatic rings. The van der Waals surface area contributed by atoms with Gasteiger partial charge in [0.15, 0.2) is 0 Å². The van der Waals surface area contributed by atoms with Crippen LogP contribution in [0.1, 0.15) is 41.4 Å². The summed E-state index contributed by atoms with van der Waals surface area (Å²) in [5.41, 5.74) is 2.37. The van der Waals surface area contributed by atoms with Crippen LogP contribution < -0.4 is 4.74 Å². The monoisotopic (exact) mass is 498 g/mol. The first-order valence-corrected chi connectivity index (χ1v) is 11.4. The van der Waals surface area contributed by atoms with Crippen LogP contribution in [0.25, 0.3) is 10.9 Å². The Balaban J connectivity index is 1.65. The van der Waals surface area contributed by atoms with Crippen LogP contribution in [0.2, 0.25) is 10.0 Å². The highest BCUT2D eigenvalue weighted by Gasteiger charge is 2.31. The maximum absolute atomic E-state index is 13.1. The highest BCUT2D eigenvalue weighted by Crippen LogP contribution is 2.34. The molecule has 1 aliphatic rings. The normalized spacial score (nSPS) is 16.9. The average Bonchev–Trinajstić information content (AvgIpc) is 3.04. The quantitative estimate of drug-likeness (QED) is 0.394. The van der Waals surface area contributed by atoms with Crippen LogP contribution in [0, 0.1) is 5.92 Å². The SMILES string of the molecule is C[C@H]1CCCN(C(=O)c2ccc(Cl)c(Cc3cc4ccc(OC(F)(F)F)cc4n3C)c2Cl)C1. The first-order chi connectivity index (χ1) is 15.5. The summed E-state index contributed by atoms with van der Waals surface area (Å²) in [4.78, 5) is 15.0. The van der Waals surface area contributed by atoms with Crippen LogP contribution in [0.15, 0.2) is 36.4 Å². The smallest absolute Gasteiger partial charge is 0.406 e. The Hall–Kier alpha value is -2.38. The van der Waals surface area contributed by atoms with Crippen LogP contribution in [0.4, 0.5) is 13.2 Å². The second-order valence-electron chi connectivity index (χ2n) is 8.53. The third-order valence-electron chi connectivity index (χ3n) is 6.07. The minimum absolute atomic E-state index is 0.115. The largest absolute Gasteiger partial charge is 0.573 e. The minimum Gasteiger partial charge on any atom is -0.406 e. The van der Waals surface area contributed by atoms with E-state index >= 15 is 0 Å². The van der Waals surface area contributed by atoms with Crippen molar-refractivity contribution in [3.8, 4) is 5.75 Å². The number of hydrogen-bond acceptors (Lipinski definition) is 2. The number of carbonyl (C=O) groups excluding carboxylic acids is 1. The first kappa shape index (κ1) is 23.8. The van der Waals surface area contributed by atoms with Crippen LogP contribution in [0.3, 0.4) is 0 Å². The highest BCUT2D eigenvalue weighted by atomic mass is 35.5. The van der Waals surface area contributed by atoms with E-state index in [0.29, 0.717) is 52.1 Å². The van der Waals surface area contributed by atoms with E-state index in [1.807, 2.05) is 11.0 Å². The summed E-state index contributed by atoms with van der Waals surface area (Å²) in [6, 6.07) is 9.37. The van der Waals surface area contributed by atoms with Gasteiger partial charge in [-0.1, -0.05) is 30.1 Å². The second kappa shape index (κ2) is 9.11. The van der Waals surface area contributed by atoms with Crippen molar-refractivity contribution in [1.29, 1.82) is 0 Å². The van der Waals surface area contributed by atoms with Gasteiger partial charge in [0.1, 0.15) is 5.75 Å². The second-order valence-corrected chi connectivity index (χ2v) is 9.31. The van der Waals surface area contributed by atoms with Crippen molar-refractivity contribution in [3.63, 3.8) is 0 Å². The number of aromatic nitrogens is 1. The number of carbonyl (C=O) groups is 1. The molecule has 4 rings (SSSR count). The van der Waals surface area contributed by atoms with E-state index in [4.69, 9.17) is 23.2 Å². The van der Waals surface area contributed by atoms with Gasteiger partial charge in [-0.15, -0.1) is 13.2 Å². The van der Waals surface area contributed by atoms with E-state index < -0.39 is 6.36 Å². The minimum atomic E-state index is -4.76. The van der Waals surface area contributed by atoms with E-state index in [9.17, 15) is 18.0 Å². The molecule has 0 spiro atoms. The Morgan fingerprint density at radius 3 is 2.64 bits per heavy atom. The lowest BCUT2D eigenvalue weighted by molar-refractivity contribution is -0.274. The first-order valence-electron chi connectivity index (χ1n) is 10.6. The molecule has 33 heavy (non-hydrogen) atoms. The van der Waals surface area contributed by atoms with Gasteiger partial charge >= 0.3 is 6.36 Å². The van der Waals surface area contributed by atoms with Crippen LogP contribution in [0.5, 0.6) is 5.75 Å². The Morgan fingerprint density at radius 1 is 1.18 bits per heavy atom. The van der Waals surface area contributed by atoms with Gasteiger partial charge < -0.3 is 14.2 Å². The summed E-state index contributed by atoms with van der Waals surface area (Å²) in [7, 11) is 1.75. The summed E-state index contributed by atoms with van der Waals surface area (Å²) in [6.07, 6.45) is -2.39. The third kappa shape index (κ3) is 5.09. The summed E-state index contributed by atoms with van der Waals surface area (Å²) in [6.45, 7) is 3.52. The van der Waals surface area contributed by atoms with Crippen molar-refractivity contribution in [2.75, 3.05) is 13.1 Å². The molecule has 0 N–H and O–H groups in total. The number of nitrogens with zero attached hydrogens (tertiary/aromatic N) is 2. The lowest BCUT2D eigenvalue weighted by atomic mass is 9.98. The van der Waals surface area contributed by atoms with Crippen molar-refractivity contribution in [2.24, 2.45) is 13.0 Å². The molecule has 1 saturated heterocycles. The molecule has 176 valence electrons. The molecule has 1 aromatic heterocycles. The standard InChI is InChI=1S/C24H23Cl2F3N2O2/c1-14-4-3-9-31(13-14)23(32)18-7-8-20(25)19(22(18)26)11-16-10-15-5-6-17(33-24(27,28)29)12-21(15)30(16)2/h5-8,10,12,14H,3-4,9,11,13H2,1-2H3/t14-/m0/s1. The number of amides is 1. The molecule has 0 bridgehead atoms. The van der Waals surface area contributed by atoms with Crippen molar-refractivity contribution in [3.05, 3.63) is 63.3 Å². The fraction of sp³-hybridized carbons (Fsp3) is 0.375. The zero-order valence-electron chi connectivity index (χ0n) is 18.2. The number of hydrogen-bond donors (Lipinski definition) is 0. The molecule has 1 amide bonds. The van der Waals surface area contributed by atoms with E-state index in [2.05, 4.69) is 11.7 Å². The number of piperidine rings is 1. The Labute approximate surface area is 199 Å². The summed E-state index contributed by atoms with van der Waals surface area (Å²) in [5.74, 6) is 0.0351. The van der Waals surface area contributed by atoms with E-state index in [1.54, 1.807) is 29.8 Å². The molecule has 0 saturated carbocycles. The van der Waals surface area contributed by atoms with E-state index in [0.717, 1.165) is 23.9 Å². The van der Waals surface area contributed by atoms with Gasteiger partial charge in [-0.05, 0) is 54.7 Å². The number of fused-ring (bicyclic) bond motifs is 1. The fourth-order valence-electron chi connectivity index (χ4n) is 4.38. The predicted octanol–water partition coefficient (Wildman–Crippen LogP) is 6.85. The fourth-order valence-corrected chi connectivity index (χ4v) is 4.97. The number of halogens is 5. The van der Waals surface area contributed by atoms with Crippen molar-refractivity contribution in [2.45, 2.75) is 32.5 Å². The Bertz CT molecular complexity index is 1210. The van der Waals surface area contributed by atoms with E-state index in [1.165, 1.54) is 12.1 Å². The van der Waals surface area contributed by atoms with Crippen LogP contribution in [-0.2, 0) is 13.5 Å². The van der Waals surface area contributed by atoms with E-state index in [-0.39, 0.29) is 11.7 Å². The van der Waals surface area contributed by atoms with Crippen molar-refractivity contribution < 1.29 is 22.7 Å². The molecule has 1 fully saturated rings. The Morgan fingerprint density at radius 2 is 1.94 bits per heavy atom. The summed E-state index contributed by atoms with van der Waals surface area (Å²) < 4.78 is 43.6. The molecule has 4 nitrogen and oxygen atoms in total. The average molecular weight is 499 g/mol. The lowest BCUT2D eigenvalue weighted by Crippen LogP contribution is -2.39. The molecular formula is C24H23Cl2F3N2O2. The van der Waals surface area contributed by atoms with Gasteiger partial charge in [-0.25, -0.2) is 0 Å². The maximum atomic E-state index is 13.1. The van der Waals surface area contributed by atoms with Crippen LogP contribution in [-0.4, -0.2) is 34.8 Å². The number of alkyl halides is 3. The summed E-state index contributed by atoms with van der Waals surface area (Å²) in [5, 5.41) is 1.48. The molecule has 0 unspecified atom stereocenters. The molecule has 2 aromatic carbocycles. The van der Waals surface area contributed by atoms with Gasteiger partial charge in [-0.3, -0.25) is 4.79 Å². The third-order valence-corrected chi connectivity index (χ3v) is 6.85. The van der Waals surface area contributed by atoms with Gasteiger partial charge in [0.05, 0.1) is 16.1 Å². The number of benzene rings is 2. The predicted molar refractivity (Wildman–Crippen MR) is 123 cm³/mol. The van der Waals surface area contributed by atoms with Gasteiger partial charge in [0.25, 0.3) is 5.91 Å². The highest BCUT2D eigenvalue weighted by molar-refractivity contribution is 6.38.